The molecule has 1 aliphatic rings. The Kier molecular flexibility index (Phi) is 4.73. The van der Waals surface area contributed by atoms with Crippen LogP contribution in [-0.4, -0.2) is 54.2 Å². The maximum Gasteiger partial charge on any atom is 0.321 e. The van der Waals surface area contributed by atoms with Gasteiger partial charge in [-0.15, -0.1) is 0 Å². The van der Waals surface area contributed by atoms with Crippen LogP contribution >= 0.6 is 0 Å². The predicted molar refractivity (Wildman–Crippen MR) is 96.5 cm³/mol. The molecule has 0 saturated carbocycles. The fraction of sp³-hybridized carbons (Fsp3) is 0.471. The first kappa shape index (κ1) is 19.3. The van der Waals surface area contributed by atoms with Gasteiger partial charge in [0.1, 0.15) is 5.60 Å². The molecule has 0 fully saturated rings. The number of nitrogens with zero attached hydrogens (tertiary/aromatic N) is 4. The molecule has 0 bridgehead atoms. The molecule has 1 atom stereocenters. The van der Waals surface area contributed by atoms with Gasteiger partial charge in [0, 0.05) is 18.4 Å². The second-order valence-corrected chi connectivity index (χ2v) is 9.32. The molecule has 146 valence electrons. The number of hydrogen-bond donors (Lipinski definition) is 1. The molecule has 2 amide bonds. The average Bonchev–Trinajstić information content (AvgIpc) is 3.18. The van der Waals surface area contributed by atoms with Crippen molar-refractivity contribution in [1.29, 1.82) is 0 Å². The number of aliphatic hydroxyl groups is 1. The van der Waals surface area contributed by atoms with E-state index in [-0.39, 0.29) is 12.3 Å². The lowest BCUT2D eigenvalue weighted by atomic mass is 10.1. The summed E-state index contributed by atoms with van der Waals surface area (Å²) >= 11 is 0. The number of carbonyl (C=O) groups excluding carboxylic acids is 2. The van der Waals surface area contributed by atoms with E-state index >= 15 is 0 Å². The van der Waals surface area contributed by atoms with E-state index in [1.807, 2.05) is 0 Å². The van der Waals surface area contributed by atoms with E-state index in [2.05, 4.69) is 9.46 Å². The van der Waals surface area contributed by atoms with E-state index in [1.165, 1.54) is 37.5 Å². The van der Waals surface area contributed by atoms with Crippen molar-refractivity contribution in [3.05, 3.63) is 35.5 Å². The Morgan fingerprint density at radius 1 is 1.37 bits per heavy atom. The number of hydrogen-bond acceptors (Lipinski definition) is 6. The number of furan rings is 1. The van der Waals surface area contributed by atoms with Gasteiger partial charge in [-0.1, -0.05) is 0 Å². The maximum atomic E-state index is 13.2. The summed E-state index contributed by atoms with van der Waals surface area (Å²) in [6.07, 6.45) is 4.15. The molecule has 1 unspecified atom stereocenters. The third kappa shape index (κ3) is 3.67. The van der Waals surface area contributed by atoms with Gasteiger partial charge in [-0.05, 0) is 26.8 Å². The van der Waals surface area contributed by atoms with Crippen LogP contribution in [0.4, 0.5) is 0 Å². The van der Waals surface area contributed by atoms with Crippen molar-refractivity contribution >= 4 is 21.5 Å². The highest BCUT2D eigenvalue weighted by molar-refractivity contribution is 7.93. The second kappa shape index (κ2) is 6.61. The Morgan fingerprint density at radius 2 is 2.07 bits per heavy atom. The minimum atomic E-state index is -3.10. The highest BCUT2D eigenvalue weighted by Gasteiger charge is 2.33. The molecule has 0 radical (unpaired) electrons. The van der Waals surface area contributed by atoms with Gasteiger partial charge in [-0.3, -0.25) is 14.3 Å². The fourth-order valence-electron chi connectivity index (χ4n) is 2.94. The smallest absolute Gasteiger partial charge is 0.321 e. The Labute approximate surface area is 157 Å². The molecule has 2 aromatic rings. The number of aromatic nitrogens is 2. The van der Waals surface area contributed by atoms with Gasteiger partial charge in [-0.2, -0.15) is 9.46 Å². The van der Waals surface area contributed by atoms with Crippen molar-refractivity contribution in [2.45, 2.75) is 44.4 Å². The van der Waals surface area contributed by atoms with Crippen molar-refractivity contribution < 1.29 is 23.3 Å². The van der Waals surface area contributed by atoms with Gasteiger partial charge in [0.25, 0.3) is 5.91 Å². The van der Waals surface area contributed by atoms with Crippen LogP contribution in [0.25, 0.3) is 0 Å². The first-order valence-corrected chi connectivity index (χ1v) is 10.3. The summed E-state index contributed by atoms with van der Waals surface area (Å²) in [7, 11) is -3.10. The van der Waals surface area contributed by atoms with Crippen LogP contribution in [0.2, 0.25) is 0 Å². The fourth-order valence-corrected chi connectivity index (χ4v) is 4.29. The standard InChI is InChI=1S/C17H22N4O5S/c1-11-5-8-26-14(11)15(22)19-27(4,25)13-9-18-21-7-6-20(10-12(13)21)16(23)17(2,3)24/h5,8-9,24H,6-7,10H2,1-4H3. The first-order chi connectivity index (χ1) is 12.5. The van der Waals surface area contributed by atoms with Crippen LogP contribution in [0.15, 0.2) is 32.2 Å². The van der Waals surface area contributed by atoms with Crippen LogP contribution in [0.1, 0.15) is 35.7 Å². The molecule has 2 aromatic heterocycles. The van der Waals surface area contributed by atoms with E-state index in [1.54, 1.807) is 17.7 Å². The van der Waals surface area contributed by atoms with Gasteiger partial charge in [0.2, 0.25) is 0 Å². The van der Waals surface area contributed by atoms with Crippen molar-refractivity contribution in [2.24, 2.45) is 4.36 Å². The number of carbonyl (C=O) groups is 2. The van der Waals surface area contributed by atoms with E-state index in [4.69, 9.17) is 4.42 Å². The molecule has 10 heteroatoms. The summed E-state index contributed by atoms with van der Waals surface area (Å²) in [5, 5.41) is 14.2. The van der Waals surface area contributed by atoms with E-state index < -0.39 is 27.1 Å². The SMILES string of the molecule is Cc1ccoc1C(=O)N=S(C)(=O)c1cnn2c1CN(C(=O)C(C)(C)O)CC2. The highest BCUT2D eigenvalue weighted by Crippen LogP contribution is 2.24. The predicted octanol–water partition coefficient (Wildman–Crippen LogP) is 1.19. The van der Waals surface area contributed by atoms with E-state index in [0.29, 0.717) is 29.2 Å². The molecule has 3 heterocycles. The van der Waals surface area contributed by atoms with E-state index in [9.17, 15) is 18.9 Å². The van der Waals surface area contributed by atoms with Gasteiger partial charge >= 0.3 is 5.91 Å². The molecule has 0 aliphatic carbocycles. The van der Waals surface area contributed by atoms with Crippen LogP contribution in [0, 0.1) is 6.92 Å². The highest BCUT2D eigenvalue weighted by atomic mass is 32.2. The molecule has 9 nitrogen and oxygen atoms in total. The monoisotopic (exact) mass is 394 g/mol. The molecule has 1 N–H and O–H groups in total. The van der Waals surface area contributed by atoms with Gasteiger partial charge in [0.15, 0.2) is 5.76 Å². The second-order valence-electron chi connectivity index (χ2n) is 7.10. The molecule has 1 aliphatic heterocycles. The lowest BCUT2D eigenvalue weighted by Crippen LogP contribution is -2.48. The summed E-state index contributed by atoms with van der Waals surface area (Å²) in [6, 6.07) is 1.63. The molecule has 0 aromatic carbocycles. The summed E-state index contributed by atoms with van der Waals surface area (Å²) in [4.78, 5) is 26.5. The average molecular weight is 394 g/mol. The lowest BCUT2D eigenvalue weighted by Gasteiger charge is -2.32. The molecule has 0 saturated heterocycles. The minimum Gasteiger partial charge on any atom is -0.459 e. The van der Waals surface area contributed by atoms with Gasteiger partial charge in [-0.25, -0.2) is 4.21 Å². The van der Waals surface area contributed by atoms with Crippen molar-refractivity contribution in [2.75, 3.05) is 12.8 Å². The summed E-state index contributed by atoms with van der Waals surface area (Å²) in [5.41, 5.74) is -0.357. The van der Waals surface area contributed by atoms with Crippen LogP contribution in [0.5, 0.6) is 0 Å². The Hall–Kier alpha value is -2.46. The Bertz CT molecular complexity index is 1020. The number of fused-ring (bicyclic) bond motifs is 1. The quantitative estimate of drug-likeness (QED) is 0.836. The van der Waals surface area contributed by atoms with Crippen molar-refractivity contribution in [3.8, 4) is 0 Å². The summed E-state index contributed by atoms with van der Waals surface area (Å²) < 4.78 is 23.8. The van der Waals surface area contributed by atoms with Gasteiger partial charge in [0.05, 0.1) is 45.9 Å². The normalized spacial score (nSPS) is 16.6. The number of rotatable bonds is 3. The number of aryl methyl sites for hydroxylation is 1. The third-order valence-corrected chi connectivity index (χ3v) is 6.04. The number of amides is 2. The van der Waals surface area contributed by atoms with E-state index in [0.717, 1.165) is 0 Å². The Morgan fingerprint density at radius 3 is 2.67 bits per heavy atom. The third-order valence-electron chi connectivity index (χ3n) is 4.36. The Balaban J connectivity index is 1.96. The molecular formula is C17H22N4O5S. The maximum absolute atomic E-state index is 13.2. The molecular weight excluding hydrogens is 372 g/mol. The zero-order valence-corrected chi connectivity index (χ0v) is 16.4. The first-order valence-electron chi connectivity index (χ1n) is 8.38. The van der Waals surface area contributed by atoms with Crippen LogP contribution in [-0.2, 0) is 27.6 Å². The van der Waals surface area contributed by atoms with Crippen LogP contribution < -0.4 is 0 Å². The lowest BCUT2D eigenvalue weighted by molar-refractivity contribution is -0.149. The molecule has 27 heavy (non-hydrogen) atoms. The molecule has 0 spiro atoms. The summed E-state index contributed by atoms with van der Waals surface area (Å²) in [6.45, 7) is 5.45. The molecule has 3 rings (SSSR count). The van der Waals surface area contributed by atoms with Crippen molar-refractivity contribution in [3.63, 3.8) is 0 Å². The topological polar surface area (TPSA) is 118 Å². The van der Waals surface area contributed by atoms with Gasteiger partial charge < -0.3 is 14.4 Å². The zero-order chi connectivity index (χ0) is 20.0. The zero-order valence-electron chi connectivity index (χ0n) is 15.6. The van der Waals surface area contributed by atoms with Crippen LogP contribution in [0.3, 0.4) is 0 Å². The van der Waals surface area contributed by atoms with Crippen molar-refractivity contribution in [1.82, 2.24) is 14.7 Å². The minimum absolute atomic E-state index is 0.0458. The summed E-state index contributed by atoms with van der Waals surface area (Å²) in [5.74, 6) is -1.09. The largest absolute Gasteiger partial charge is 0.459 e.